The number of benzene rings is 2. The van der Waals surface area contributed by atoms with E-state index in [9.17, 15) is 9.59 Å². The van der Waals surface area contributed by atoms with Gasteiger partial charge in [-0.2, -0.15) is 0 Å². The number of hydrogen-bond acceptors (Lipinski definition) is 4. The van der Waals surface area contributed by atoms with E-state index in [4.69, 9.17) is 21.1 Å². The average molecular weight is 362 g/mol. The molecule has 2 aromatic carbocycles. The normalized spacial score (nSPS) is 11.5. The van der Waals surface area contributed by atoms with Crippen LogP contribution in [0.15, 0.2) is 48.5 Å². The molecule has 0 radical (unpaired) electrons. The molecule has 2 aromatic rings. The Morgan fingerprint density at radius 3 is 2.52 bits per heavy atom. The molecular weight excluding hydrogens is 342 g/mol. The quantitative estimate of drug-likeness (QED) is 0.761. The Morgan fingerprint density at radius 1 is 1.12 bits per heavy atom. The Bertz CT molecular complexity index is 748. The molecule has 0 heterocycles. The minimum absolute atomic E-state index is 0.00677. The van der Waals surface area contributed by atoms with Crippen LogP contribution in [-0.4, -0.2) is 24.6 Å². The number of nitrogens with one attached hydrogen (secondary N) is 1. The Morgan fingerprint density at radius 2 is 1.80 bits per heavy atom. The highest BCUT2D eigenvalue weighted by Crippen LogP contribution is 2.24. The molecule has 0 aliphatic rings. The number of carbonyl (C=O) groups excluding carboxylic acids is 2. The van der Waals surface area contributed by atoms with Crippen molar-refractivity contribution in [3.8, 4) is 5.75 Å². The molecule has 1 N–H and O–H groups in total. The van der Waals surface area contributed by atoms with E-state index in [1.807, 2.05) is 13.0 Å². The fourth-order valence-electron chi connectivity index (χ4n) is 2.18. The van der Waals surface area contributed by atoms with Crippen LogP contribution in [0.1, 0.15) is 19.4 Å². The Hall–Kier alpha value is -2.53. The van der Waals surface area contributed by atoms with Gasteiger partial charge in [-0.3, -0.25) is 9.59 Å². The van der Waals surface area contributed by atoms with E-state index in [0.29, 0.717) is 28.6 Å². The Labute approximate surface area is 151 Å². The third-order valence-electron chi connectivity index (χ3n) is 3.41. The molecule has 6 heteroatoms. The first-order valence-corrected chi connectivity index (χ1v) is 8.34. The van der Waals surface area contributed by atoms with Crippen LogP contribution in [0.5, 0.6) is 5.75 Å². The summed E-state index contributed by atoms with van der Waals surface area (Å²) in [6.45, 7) is 3.86. The van der Waals surface area contributed by atoms with Crippen molar-refractivity contribution >= 4 is 29.2 Å². The van der Waals surface area contributed by atoms with Gasteiger partial charge in [0, 0.05) is 5.02 Å². The summed E-state index contributed by atoms with van der Waals surface area (Å²) in [5.74, 6) is -0.388. The molecule has 0 aliphatic carbocycles. The highest BCUT2D eigenvalue weighted by molar-refractivity contribution is 6.31. The summed E-state index contributed by atoms with van der Waals surface area (Å²) in [6.07, 6.45) is -0.933. The molecule has 25 heavy (non-hydrogen) atoms. The van der Waals surface area contributed by atoms with Gasteiger partial charge in [0.2, 0.25) is 0 Å². The first-order chi connectivity index (χ1) is 12.0. The zero-order chi connectivity index (χ0) is 18.2. The molecule has 2 rings (SSSR count). The van der Waals surface area contributed by atoms with Crippen LogP contribution in [0.4, 0.5) is 5.69 Å². The van der Waals surface area contributed by atoms with Crippen LogP contribution in [0.25, 0.3) is 0 Å². The van der Waals surface area contributed by atoms with E-state index in [1.165, 1.54) is 6.92 Å². The zero-order valence-corrected chi connectivity index (χ0v) is 14.9. The molecule has 5 nitrogen and oxygen atoms in total. The fraction of sp³-hybridized carbons (Fsp3) is 0.263. The third kappa shape index (κ3) is 5.50. The molecule has 0 aliphatic heterocycles. The summed E-state index contributed by atoms with van der Waals surface area (Å²) in [5, 5.41) is 3.20. The molecule has 1 unspecified atom stereocenters. The van der Waals surface area contributed by atoms with Crippen LogP contribution >= 0.6 is 11.6 Å². The van der Waals surface area contributed by atoms with Gasteiger partial charge in [-0.05, 0) is 37.6 Å². The number of anilines is 1. The number of esters is 1. The van der Waals surface area contributed by atoms with Gasteiger partial charge in [0.15, 0.2) is 6.10 Å². The SMILES string of the molecule is CCOc1ccccc1NC(=O)C(C)OC(=O)Cc1ccccc1Cl. The van der Waals surface area contributed by atoms with Crippen LogP contribution in [0.2, 0.25) is 5.02 Å². The number of para-hydroxylation sites is 2. The lowest BCUT2D eigenvalue weighted by Crippen LogP contribution is -2.30. The van der Waals surface area contributed by atoms with E-state index >= 15 is 0 Å². The first-order valence-electron chi connectivity index (χ1n) is 7.96. The van der Waals surface area contributed by atoms with E-state index in [1.54, 1.807) is 42.5 Å². The Kier molecular flexibility index (Phi) is 6.83. The van der Waals surface area contributed by atoms with E-state index in [-0.39, 0.29) is 6.42 Å². The number of hydrogen-bond donors (Lipinski definition) is 1. The van der Waals surface area contributed by atoms with Crippen LogP contribution in [0, 0.1) is 0 Å². The summed E-state index contributed by atoms with van der Waals surface area (Å²) >= 11 is 6.02. The van der Waals surface area contributed by atoms with Crippen molar-refractivity contribution < 1.29 is 19.1 Å². The predicted molar refractivity (Wildman–Crippen MR) is 97.0 cm³/mol. The predicted octanol–water partition coefficient (Wildman–Crippen LogP) is 3.85. The summed E-state index contributed by atoms with van der Waals surface area (Å²) in [6, 6.07) is 14.1. The second-order valence-electron chi connectivity index (χ2n) is 5.32. The van der Waals surface area contributed by atoms with Crippen molar-refractivity contribution in [1.29, 1.82) is 0 Å². The maximum atomic E-state index is 12.3. The molecular formula is C19H20ClNO4. The van der Waals surface area contributed by atoms with E-state index < -0.39 is 18.0 Å². The molecule has 0 aromatic heterocycles. The lowest BCUT2D eigenvalue weighted by molar-refractivity contribution is -0.152. The van der Waals surface area contributed by atoms with Gasteiger partial charge < -0.3 is 14.8 Å². The second-order valence-corrected chi connectivity index (χ2v) is 5.73. The molecule has 0 fully saturated rings. The number of amides is 1. The van der Waals surface area contributed by atoms with Gasteiger partial charge in [0.05, 0.1) is 18.7 Å². The zero-order valence-electron chi connectivity index (χ0n) is 14.1. The topological polar surface area (TPSA) is 64.6 Å². The lowest BCUT2D eigenvalue weighted by atomic mass is 10.1. The fourth-order valence-corrected chi connectivity index (χ4v) is 2.38. The van der Waals surface area contributed by atoms with E-state index in [0.717, 1.165) is 0 Å². The molecule has 132 valence electrons. The van der Waals surface area contributed by atoms with Gasteiger partial charge in [0.1, 0.15) is 5.75 Å². The highest BCUT2D eigenvalue weighted by atomic mass is 35.5. The minimum atomic E-state index is -0.940. The summed E-state index contributed by atoms with van der Waals surface area (Å²) in [5.41, 5.74) is 1.19. The van der Waals surface area contributed by atoms with E-state index in [2.05, 4.69) is 5.32 Å². The molecule has 0 saturated carbocycles. The van der Waals surface area contributed by atoms with Gasteiger partial charge in [-0.15, -0.1) is 0 Å². The van der Waals surface area contributed by atoms with Crippen LogP contribution < -0.4 is 10.1 Å². The molecule has 0 spiro atoms. The van der Waals surface area contributed by atoms with Crippen molar-refractivity contribution in [1.82, 2.24) is 0 Å². The third-order valence-corrected chi connectivity index (χ3v) is 3.78. The average Bonchev–Trinajstić information content (AvgIpc) is 2.58. The molecule has 1 atom stereocenters. The monoisotopic (exact) mass is 361 g/mol. The number of halogens is 1. The largest absolute Gasteiger partial charge is 0.492 e. The van der Waals surface area contributed by atoms with Gasteiger partial charge in [0.25, 0.3) is 5.91 Å². The molecule has 0 saturated heterocycles. The number of ether oxygens (including phenoxy) is 2. The van der Waals surface area contributed by atoms with Crippen molar-refractivity contribution in [2.24, 2.45) is 0 Å². The van der Waals surface area contributed by atoms with Gasteiger partial charge in [-0.25, -0.2) is 0 Å². The van der Waals surface area contributed by atoms with Crippen LogP contribution in [-0.2, 0) is 20.7 Å². The van der Waals surface area contributed by atoms with Crippen molar-refractivity contribution in [3.05, 3.63) is 59.1 Å². The van der Waals surface area contributed by atoms with Gasteiger partial charge >= 0.3 is 5.97 Å². The van der Waals surface area contributed by atoms with Gasteiger partial charge in [-0.1, -0.05) is 41.9 Å². The summed E-state index contributed by atoms with van der Waals surface area (Å²) in [4.78, 5) is 24.3. The van der Waals surface area contributed by atoms with Crippen molar-refractivity contribution in [2.75, 3.05) is 11.9 Å². The molecule has 0 bridgehead atoms. The Balaban J connectivity index is 1.94. The van der Waals surface area contributed by atoms with Crippen LogP contribution in [0.3, 0.4) is 0 Å². The molecule has 1 amide bonds. The highest BCUT2D eigenvalue weighted by Gasteiger charge is 2.19. The smallest absolute Gasteiger partial charge is 0.311 e. The minimum Gasteiger partial charge on any atom is -0.492 e. The lowest BCUT2D eigenvalue weighted by Gasteiger charge is -2.15. The summed E-state index contributed by atoms with van der Waals surface area (Å²) in [7, 11) is 0. The van der Waals surface area contributed by atoms with Crippen molar-refractivity contribution in [2.45, 2.75) is 26.4 Å². The maximum absolute atomic E-state index is 12.3. The number of rotatable bonds is 7. The number of carbonyl (C=O) groups is 2. The second kappa shape index (κ2) is 9.08. The standard InChI is InChI=1S/C19H20ClNO4/c1-3-24-17-11-7-6-10-16(17)21-19(23)13(2)25-18(22)12-14-8-4-5-9-15(14)20/h4-11,13H,3,12H2,1-2H3,(H,21,23). The van der Waals surface area contributed by atoms with Crippen molar-refractivity contribution in [3.63, 3.8) is 0 Å². The summed E-state index contributed by atoms with van der Waals surface area (Å²) < 4.78 is 10.6. The maximum Gasteiger partial charge on any atom is 0.311 e. The first kappa shape index (κ1) is 18.8.